The number of amides is 2. The second-order valence-electron chi connectivity index (χ2n) is 13.5. The highest BCUT2D eigenvalue weighted by Gasteiger charge is 2.52. The average Bonchev–Trinajstić information content (AvgIpc) is 3.19. The summed E-state index contributed by atoms with van der Waals surface area (Å²) in [4.78, 5) is 46.4. The van der Waals surface area contributed by atoms with E-state index in [-0.39, 0.29) is 30.5 Å². The molecular weight excluding hydrogens is 612 g/mol. The summed E-state index contributed by atoms with van der Waals surface area (Å²) < 4.78 is 19.4. The number of ether oxygens (including phenoxy) is 3. The number of aliphatic hydroxyl groups is 3. The van der Waals surface area contributed by atoms with E-state index in [4.69, 9.17) is 14.2 Å². The minimum absolute atomic E-state index is 0.0660. The molecule has 2 amide bonds. The second kappa shape index (κ2) is 13.3. The van der Waals surface area contributed by atoms with Crippen LogP contribution in [0.3, 0.4) is 0 Å². The molecule has 0 aliphatic carbocycles. The van der Waals surface area contributed by atoms with Gasteiger partial charge in [-0.2, -0.15) is 4.98 Å². The number of likely N-dealkylation sites (N-methyl/N-ethyl adjacent to an activating group) is 1. The van der Waals surface area contributed by atoms with E-state index in [0.29, 0.717) is 24.1 Å². The third-order valence-corrected chi connectivity index (χ3v) is 9.21. The maximum absolute atomic E-state index is 13.0. The van der Waals surface area contributed by atoms with Crippen LogP contribution in [0.5, 0.6) is 0 Å². The molecule has 0 radical (unpaired) electrons. The Labute approximate surface area is 273 Å². The predicted octanol–water partition coefficient (Wildman–Crippen LogP) is 0.398. The quantitative estimate of drug-likeness (QED) is 0.263. The van der Waals surface area contributed by atoms with Gasteiger partial charge in [0.15, 0.2) is 6.29 Å². The Balaban J connectivity index is 1.18. The predicted molar refractivity (Wildman–Crippen MR) is 171 cm³/mol. The monoisotopic (exact) mass is 658 g/mol. The Morgan fingerprint density at radius 3 is 2.32 bits per heavy atom. The molecular formula is C32H46N6O9. The van der Waals surface area contributed by atoms with Crippen molar-refractivity contribution < 1.29 is 39.1 Å². The number of nitrogens with zero attached hydrogens (tertiary/aromatic N) is 4. The molecule has 9 unspecified atom stereocenters. The lowest BCUT2D eigenvalue weighted by Gasteiger charge is -2.46. The number of aromatic nitrogens is 2. The third-order valence-electron chi connectivity index (χ3n) is 9.21. The van der Waals surface area contributed by atoms with Gasteiger partial charge < -0.3 is 39.7 Å². The lowest BCUT2D eigenvalue weighted by atomic mass is 9.96. The van der Waals surface area contributed by atoms with Gasteiger partial charge in [0.1, 0.15) is 29.8 Å². The minimum atomic E-state index is -1.24. The fourth-order valence-corrected chi connectivity index (χ4v) is 6.84. The van der Waals surface area contributed by atoms with Crippen LogP contribution in [0.15, 0.2) is 41.3 Å². The van der Waals surface area contributed by atoms with Crippen LogP contribution in [0.2, 0.25) is 0 Å². The normalized spacial score (nSPS) is 34.1. The largest absolute Gasteiger partial charge is 0.394 e. The van der Waals surface area contributed by atoms with E-state index in [1.54, 1.807) is 47.9 Å². The first-order valence-corrected chi connectivity index (χ1v) is 15.8. The standard InChI is InChI=1S/C32H46N6O9/c1-17-21(47-28-26(41)25(40)24(36(6)7)18(2)46-28)12-13-23(45-17)37-15-14-22(34-30(37)44)33-27(42)19-8-10-20(11-9-19)38-29(43)32(5,16-39)35-31(38,3)4/h8-11,14-15,17-18,21,23-26,28,35,39-41H,12-13,16H2,1-7H3,(H,33,34,42,44). The van der Waals surface area contributed by atoms with Gasteiger partial charge in [0, 0.05) is 17.4 Å². The molecule has 1 aromatic carbocycles. The van der Waals surface area contributed by atoms with Crippen LogP contribution in [-0.2, 0) is 19.0 Å². The Bertz CT molecular complexity index is 1520. The molecule has 5 rings (SSSR count). The Kier molecular flexibility index (Phi) is 9.93. The maximum atomic E-state index is 13.0. The molecule has 3 fully saturated rings. The van der Waals surface area contributed by atoms with Crippen LogP contribution in [0.4, 0.5) is 11.5 Å². The molecule has 0 spiro atoms. The van der Waals surface area contributed by atoms with E-state index in [0.717, 1.165) is 0 Å². The first-order chi connectivity index (χ1) is 22.1. The maximum Gasteiger partial charge on any atom is 0.351 e. The van der Waals surface area contributed by atoms with Gasteiger partial charge >= 0.3 is 5.69 Å². The summed E-state index contributed by atoms with van der Waals surface area (Å²) in [5, 5.41) is 36.8. The van der Waals surface area contributed by atoms with Crippen LogP contribution >= 0.6 is 0 Å². The van der Waals surface area contributed by atoms with Crippen molar-refractivity contribution in [2.24, 2.45) is 0 Å². The van der Waals surface area contributed by atoms with E-state index in [9.17, 15) is 29.7 Å². The molecule has 47 heavy (non-hydrogen) atoms. The number of aliphatic hydroxyl groups excluding tert-OH is 3. The Morgan fingerprint density at radius 2 is 1.74 bits per heavy atom. The first-order valence-electron chi connectivity index (χ1n) is 15.8. The van der Waals surface area contributed by atoms with Crippen LogP contribution in [-0.4, -0.2) is 116 Å². The molecule has 5 N–H and O–H groups in total. The molecule has 15 heteroatoms. The average molecular weight is 659 g/mol. The number of benzene rings is 1. The lowest BCUT2D eigenvalue weighted by Crippen LogP contribution is -2.62. The van der Waals surface area contributed by atoms with Crippen molar-refractivity contribution >= 4 is 23.3 Å². The fraction of sp³-hybridized carbons (Fsp3) is 0.625. The first kappa shape index (κ1) is 35.0. The molecule has 1 aromatic heterocycles. The van der Waals surface area contributed by atoms with E-state index < -0.39 is 59.7 Å². The molecule has 3 aliphatic rings. The van der Waals surface area contributed by atoms with Crippen molar-refractivity contribution in [1.29, 1.82) is 0 Å². The topological polar surface area (TPSA) is 188 Å². The molecule has 0 bridgehead atoms. The molecule has 3 aliphatic heterocycles. The van der Waals surface area contributed by atoms with Crippen LogP contribution in [0, 0.1) is 0 Å². The zero-order valence-electron chi connectivity index (χ0n) is 27.8. The van der Waals surface area contributed by atoms with Gasteiger partial charge in [-0.05, 0) is 91.9 Å². The van der Waals surface area contributed by atoms with E-state index in [2.05, 4.69) is 15.6 Å². The van der Waals surface area contributed by atoms with Gasteiger partial charge in [0.25, 0.3) is 11.8 Å². The number of hydrogen-bond acceptors (Lipinski definition) is 12. The highest BCUT2D eigenvalue weighted by atomic mass is 16.7. The van der Waals surface area contributed by atoms with Crippen LogP contribution < -0.4 is 21.2 Å². The molecule has 258 valence electrons. The number of hydrogen-bond donors (Lipinski definition) is 5. The molecule has 3 saturated heterocycles. The van der Waals surface area contributed by atoms with Gasteiger partial charge in [-0.1, -0.05) is 0 Å². The summed E-state index contributed by atoms with van der Waals surface area (Å²) in [5.41, 5.74) is -1.63. The van der Waals surface area contributed by atoms with Gasteiger partial charge in [-0.3, -0.25) is 24.4 Å². The highest BCUT2D eigenvalue weighted by molar-refractivity contribution is 6.06. The summed E-state index contributed by atoms with van der Waals surface area (Å²) in [7, 11) is 3.62. The molecule has 9 atom stereocenters. The van der Waals surface area contributed by atoms with E-state index in [1.165, 1.54) is 16.8 Å². The van der Waals surface area contributed by atoms with Gasteiger partial charge in [0.2, 0.25) is 0 Å². The number of carbonyl (C=O) groups is 2. The molecule has 4 heterocycles. The second-order valence-corrected chi connectivity index (χ2v) is 13.5. The SMILES string of the molecule is CC1OC(n2ccc(NC(=O)c3ccc(N4C(=O)C(C)(CO)NC4(C)C)cc3)nc2=O)CCC1OC1OC(C)C(N(C)C)C(O)C1O. The number of rotatable bonds is 8. The smallest absolute Gasteiger partial charge is 0.351 e. The van der Waals surface area contributed by atoms with E-state index >= 15 is 0 Å². The molecule has 2 aromatic rings. The summed E-state index contributed by atoms with van der Waals surface area (Å²) in [5.74, 6) is -0.704. The van der Waals surface area contributed by atoms with Crippen molar-refractivity contribution in [3.63, 3.8) is 0 Å². The Hall–Kier alpha value is -3.28. The van der Waals surface area contributed by atoms with Gasteiger partial charge in [0.05, 0.1) is 36.6 Å². The van der Waals surface area contributed by atoms with E-state index in [1.807, 2.05) is 34.9 Å². The van der Waals surface area contributed by atoms with Crippen molar-refractivity contribution in [3.8, 4) is 0 Å². The third kappa shape index (κ3) is 6.85. The summed E-state index contributed by atoms with van der Waals surface area (Å²) in [6, 6.07) is 7.55. The van der Waals surface area contributed by atoms with Crippen LogP contribution in [0.1, 0.15) is 64.0 Å². The van der Waals surface area contributed by atoms with Gasteiger partial charge in [-0.15, -0.1) is 0 Å². The van der Waals surface area contributed by atoms with Crippen molar-refractivity contribution in [3.05, 3.63) is 52.6 Å². The van der Waals surface area contributed by atoms with Crippen molar-refractivity contribution in [1.82, 2.24) is 19.8 Å². The number of anilines is 2. The number of carbonyl (C=O) groups excluding carboxylic acids is 2. The van der Waals surface area contributed by atoms with Gasteiger partial charge in [-0.25, -0.2) is 4.79 Å². The fourth-order valence-electron chi connectivity index (χ4n) is 6.84. The summed E-state index contributed by atoms with van der Waals surface area (Å²) in [6.07, 6.45) is -2.81. The molecule has 15 nitrogen and oxygen atoms in total. The van der Waals surface area contributed by atoms with Crippen molar-refractivity contribution in [2.45, 2.75) is 108 Å². The van der Waals surface area contributed by atoms with Crippen LogP contribution in [0.25, 0.3) is 0 Å². The summed E-state index contributed by atoms with van der Waals surface area (Å²) >= 11 is 0. The minimum Gasteiger partial charge on any atom is -0.394 e. The molecule has 0 saturated carbocycles. The Morgan fingerprint density at radius 1 is 1.06 bits per heavy atom. The zero-order chi connectivity index (χ0) is 34.4. The summed E-state index contributed by atoms with van der Waals surface area (Å²) in [6.45, 7) is 8.56. The number of nitrogens with one attached hydrogen (secondary N) is 2. The van der Waals surface area contributed by atoms with Crippen molar-refractivity contribution in [2.75, 3.05) is 30.9 Å². The zero-order valence-corrected chi connectivity index (χ0v) is 27.8. The lowest BCUT2D eigenvalue weighted by molar-refractivity contribution is -0.310. The highest BCUT2D eigenvalue weighted by Crippen LogP contribution is 2.34.